The van der Waals surface area contributed by atoms with E-state index in [1.165, 1.54) is 70.6 Å². The van der Waals surface area contributed by atoms with E-state index in [0.29, 0.717) is 18.8 Å². The number of alkyl halides is 30. The van der Waals surface area contributed by atoms with Crippen molar-refractivity contribution in [3.8, 4) is 0 Å². The summed E-state index contributed by atoms with van der Waals surface area (Å²) in [6.45, 7) is 5.70. The molecule has 36 heteroatoms. The second kappa shape index (κ2) is 27.2. The molecule has 0 radical (unpaired) electrons. The van der Waals surface area contributed by atoms with Crippen LogP contribution in [0.1, 0.15) is 130 Å². The highest BCUT2D eigenvalue weighted by Crippen LogP contribution is 2.65. The average Bonchev–Trinajstić information content (AvgIpc) is 3.24. The van der Waals surface area contributed by atoms with Crippen molar-refractivity contribution in [2.75, 3.05) is 0 Å². The third-order valence-corrected chi connectivity index (χ3v) is 11.7. The second-order valence-corrected chi connectivity index (χ2v) is 18.4. The largest absolute Gasteiger partial charge is 0.460 e. The van der Waals surface area contributed by atoms with Crippen molar-refractivity contribution in [2.24, 2.45) is 5.92 Å². The molecule has 6 N–H and O–H groups in total. The van der Waals surface area contributed by atoms with Gasteiger partial charge in [0.1, 0.15) is 12.2 Å². The first-order valence-electron chi connectivity index (χ1n) is 22.6. The molecular formula is C41H56F30O6. The number of halogens is 30. The Hall–Kier alpha value is -2.34. The van der Waals surface area contributed by atoms with Crippen molar-refractivity contribution < 1.29 is 162 Å². The molecule has 0 aromatic heterocycles. The average molecular weight is 1210 g/mol. The van der Waals surface area contributed by atoms with Crippen LogP contribution in [0, 0.1) is 5.92 Å². The van der Waals surface area contributed by atoms with Crippen LogP contribution in [0.3, 0.4) is 0 Å². The lowest BCUT2D eigenvalue weighted by Crippen LogP contribution is -2.74. The van der Waals surface area contributed by atoms with Crippen LogP contribution in [0.2, 0.25) is 0 Å². The fraction of sp³-hybridized carbons (Fsp3) is 1.00. The van der Waals surface area contributed by atoms with Gasteiger partial charge in [0.25, 0.3) is 0 Å². The molecule has 6 nitrogen and oxygen atoms in total. The Morgan fingerprint density at radius 1 is 0.338 bits per heavy atom. The van der Waals surface area contributed by atoms with E-state index >= 15 is 0 Å². The highest BCUT2D eigenvalue weighted by Gasteiger charge is 2.95. The van der Waals surface area contributed by atoms with Gasteiger partial charge in [-0.15, -0.1) is 0 Å². The van der Waals surface area contributed by atoms with Crippen molar-refractivity contribution >= 4 is 0 Å². The number of rotatable bonds is 28. The third-order valence-electron chi connectivity index (χ3n) is 11.7. The van der Waals surface area contributed by atoms with E-state index in [0.717, 1.165) is 19.3 Å². The van der Waals surface area contributed by atoms with Crippen LogP contribution in [-0.2, 0) is 0 Å². The van der Waals surface area contributed by atoms with Gasteiger partial charge in [0.2, 0.25) is 0 Å². The van der Waals surface area contributed by atoms with Gasteiger partial charge in [-0.25, -0.2) is 0 Å². The lowest BCUT2D eigenvalue weighted by Gasteiger charge is -2.43. The Morgan fingerprint density at radius 3 is 0.909 bits per heavy atom. The third kappa shape index (κ3) is 16.7. The molecule has 1 rings (SSSR count). The molecule has 1 saturated carbocycles. The van der Waals surface area contributed by atoms with Crippen LogP contribution >= 0.6 is 0 Å². The summed E-state index contributed by atoms with van der Waals surface area (Å²) in [5.74, 6) is -105. The summed E-state index contributed by atoms with van der Waals surface area (Å²) in [6, 6.07) is 0. The molecule has 6 atom stereocenters. The molecule has 77 heavy (non-hydrogen) atoms. The molecule has 0 aliphatic heterocycles. The molecule has 6 unspecified atom stereocenters. The van der Waals surface area contributed by atoms with E-state index < -0.39 is 102 Å². The molecule has 0 aromatic rings. The van der Waals surface area contributed by atoms with E-state index in [1.807, 2.05) is 0 Å². The zero-order valence-electron chi connectivity index (χ0n) is 40.1. The first-order chi connectivity index (χ1) is 33.9. The Balaban J connectivity index is 0. The Kier molecular flexibility index (Phi) is 27.1. The normalized spacial score (nSPS) is 18.6. The lowest BCUT2D eigenvalue weighted by molar-refractivity contribution is -0.458. The topological polar surface area (TPSA) is 121 Å². The van der Waals surface area contributed by atoms with Crippen LogP contribution < -0.4 is 0 Å². The van der Waals surface area contributed by atoms with Crippen molar-refractivity contribution in [3.05, 3.63) is 0 Å². The quantitative estimate of drug-likeness (QED) is 0.0343. The SMILES string of the molecule is CC(O)CC(O)CC1CCCCC1.CCCCCCCCCC(O)CC(C)O.OC(CC(O)C(F)(F)C(F)(F)C(F)(F)C(F)(F)C(F)(F)C(F)(F)C(F)(F)F)C(F)(F)C(F)(F)C(F)(F)C(F)(F)C(F)(F)C(F)(F)C(F)(F)F. The molecule has 466 valence electrons. The van der Waals surface area contributed by atoms with Crippen LogP contribution in [0.15, 0.2) is 0 Å². The fourth-order valence-electron chi connectivity index (χ4n) is 7.03. The maximum atomic E-state index is 13.8. The van der Waals surface area contributed by atoms with Gasteiger partial charge in [0.15, 0.2) is 0 Å². The van der Waals surface area contributed by atoms with Gasteiger partial charge < -0.3 is 30.6 Å². The van der Waals surface area contributed by atoms with Gasteiger partial charge in [0.05, 0.1) is 24.4 Å². The summed E-state index contributed by atoms with van der Waals surface area (Å²) in [5, 5.41) is 54.8. The molecule has 0 aromatic carbocycles. The van der Waals surface area contributed by atoms with Crippen molar-refractivity contribution in [3.63, 3.8) is 0 Å². The highest BCUT2D eigenvalue weighted by atomic mass is 19.4. The van der Waals surface area contributed by atoms with Crippen LogP contribution in [0.5, 0.6) is 0 Å². The Bertz CT molecular complexity index is 1620. The number of hydrogen-bond acceptors (Lipinski definition) is 6. The molecule has 0 saturated heterocycles. The monoisotopic (exact) mass is 1210 g/mol. The predicted molar refractivity (Wildman–Crippen MR) is 207 cm³/mol. The van der Waals surface area contributed by atoms with Crippen molar-refractivity contribution in [1.82, 2.24) is 0 Å². The second-order valence-electron chi connectivity index (χ2n) is 18.4. The summed E-state index contributed by atoms with van der Waals surface area (Å²) in [5.41, 5.74) is 0. The van der Waals surface area contributed by atoms with E-state index in [-0.39, 0.29) is 24.4 Å². The standard InChI is InChI=1S/C17H6F30O2.C13H28O2.C11H22O2/c18-4(19,6(22,23)8(26,27)10(30,31)12(34,35)14(38,39)16(42,43)44)2(48)1-3(49)5(20,21)7(24,25)9(28,29)11(32,33)13(36,37)15(40,41)17(45,46)47;1-3-4-5-6-7-8-9-10-13(15)11-12(2)14;1-9(12)7-11(13)8-10-5-3-2-4-6-10/h2-3,48-49H,1H2;12-15H,3-11H2,1-2H3;9-13H,2-8H2,1H3. The van der Waals surface area contributed by atoms with Crippen molar-refractivity contribution in [1.29, 1.82) is 0 Å². The minimum Gasteiger partial charge on any atom is -0.393 e. The minimum absolute atomic E-state index is 0.289. The first-order valence-corrected chi connectivity index (χ1v) is 22.6. The molecule has 1 aliphatic carbocycles. The zero-order chi connectivity index (χ0) is 62.1. The van der Waals surface area contributed by atoms with Crippen molar-refractivity contribution in [2.45, 2.75) is 250 Å². The van der Waals surface area contributed by atoms with Gasteiger partial charge in [-0.05, 0) is 45.4 Å². The molecular weight excluding hydrogens is 1160 g/mol. The van der Waals surface area contributed by atoms with Gasteiger partial charge in [-0.2, -0.15) is 132 Å². The predicted octanol–water partition coefficient (Wildman–Crippen LogP) is 14.2. The van der Waals surface area contributed by atoms with Crippen LogP contribution in [0.25, 0.3) is 0 Å². The fourth-order valence-corrected chi connectivity index (χ4v) is 7.03. The smallest absolute Gasteiger partial charge is 0.393 e. The van der Waals surface area contributed by atoms with E-state index in [2.05, 4.69) is 6.92 Å². The highest BCUT2D eigenvalue weighted by molar-refractivity contribution is 5.16. The molecule has 0 spiro atoms. The van der Waals surface area contributed by atoms with E-state index in [1.54, 1.807) is 13.8 Å². The molecule has 1 fully saturated rings. The summed E-state index contributed by atoms with van der Waals surface area (Å²) in [4.78, 5) is 0. The molecule has 1 aliphatic rings. The number of aliphatic hydroxyl groups excluding tert-OH is 6. The van der Waals surface area contributed by atoms with Gasteiger partial charge in [0, 0.05) is 6.42 Å². The minimum atomic E-state index is -9.13. The summed E-state index contributed by atoms with van der Waals surface area (Å²) in [6.07, 6.45) is -15.4. The molecule has 0 heterocycles. The van der Waals surface area contributed by atoms with Gasteiger partial charge in [-0.3, -0.25) is 0 Å². The summed E-state index contributed by atoms with van der Waals surface area (Å²) in [7, 11) is 0. The molecule has 0 amide bonds. The maximum absolute atomic E-state index is 13.8. The first kappa shape index (κ1) is 76.7. The van der Waals surface area contributed by atoms with Gasteiger partial charge in [-0.1, -0.05) is 84.0 Å². The van der Waals surface area contributed by atoms with Crippen LogP contribution in [-0.4, -0.2) is 151 Å². The zero-order valence-corrected chi connectivity index (χ0v) is 40.1. The lowest BCUT2D eigenvalue weighted by atomic mass is 9.84. The van der Waals surface area contributed by atoms with Crippen LogP contribution in [0.4, 0.5) is 132 Å². The van der Waals surface area contributed by atoms with E-state index in [4.69, 9.17) is 20.4 Å². The number of hydrogen-bond donors (Lipinski definition) is 6. The Morgan fingerprint density at radius 2 is 0.610 bits per heavy atom. The summed E-state index contributed by atoms with van der Waals surface area (Å²) < 4.78 is 394. The van der Waals surface area contributed by atoms with Gasteiger partial charge >= 0.3 is 83.4 Å². The van der Waals surface area contributed by atoms with E-state index in [9.17, 15) is 142 Å². The molecule has 0 bridgehead atoms. The maximum Gasteiger partial charge on any atom is 0.460 e. The number of aliphatic hydroxyl groups is 6. The summed E-state index contributed by atoms with van der Waals surface area (Å²) >= 11 is 0. The number of unbranched alkanes of at least 4 members (excludes halogenated alkanes) is 6. The Labute approximate surface area is 418 Å².